The fraction of sp³-hybridized carbons (Fsp3) is 0.462. The zero-order valence-electron chi connectivity index (χ0n) is 9.91. The van der Waals surface area contributed by atoms with Crippen molar-refractivity contribution in [3.05, 3.63) is 35.9 Å². The summed E-state index contributed by atoms with van der Waals surface area (Å²) in [5, 5.41) is 0. The molecule has 1 unspecified atom stereocenters. The summed E-state index contributed by atoms with van der Waals surface area (Å²) in [6.07, 6.45) is -5.39. The Balaban J connectivity index is 2.54. The molecular weight excluding hydrogens is 243 g/mol. The van der Waals surface area contributed by atoms with Crippen LogP contribution in [0.25, 0.3) is 0 Å². The lowest BCUT2D eigenvalue weighted by Crippen LogP contribution is -2.22. The number of ketones is 1. The molecule has 0 radical (unpaired) electrons. The first-order valence-corrected chi connectivity index (χ1v) is 5.78. The van der Waals surface area contributed by atoms with Crippen LogP contribution >= 0.6 is 0 Å². The normalized spacial score (nSPS) is 13.3. The van der Waals surface area contributed by atoms with E-state index in [9.17, 15) is 18.0 Å². The number of hydrogen-bond donors (Lipinski definition) is 1. The first kappa shape index (κ1) is 14.7. The lowest BCUT2D eigenvalue weighted by atomic mass is 9.92. The Bertz CT molecular complexity index is 376. The molecule has 0 aliphatic carbocycles. The van der Waals surface area contributed by atoms with Crippen molar-refractivity contribution in [2.75, 3.05) is 6.54 Å². The van der Waals surface area contributed by atoms with Crippen LogP contribution in [-0.4, -0.2) is 18.5 Å². The van der Waals surface area contributed by atoms with Gasteiger partial charge in [-0.1, -0.05) is 30.3 Å². The number of carbonyl (C=O) groups is 1. The largest absolute Gasteiger partial charge is 0.389 e. The SMILES string of the molecule is NCC(C(=O)CCCC(F)(F)F)c1ccccc1. The van der Waals surface area contributed by atoms with E-state index in [1.165, 1.54) is 0 Å². The van der Waals surface area contributed by atoms with Crippen LogP contribution in [0.4, 0.5) is 13.2 Å². The van der Waals surface area contributed by atoms with Gasteiger partial charge in [-0.15, -0.1) is 0 Å². The van der Waals surface area contributed by atoms with Gasteiger partial charge in [0.05, 0.1) is 5.92 Å². The summed E-state index contributed by atoms with van der Waals surface area (Å²) in [6, 6.07) is 8.89. The molecule has 0 saturated heterocycles. The van der Waals surface area contributed by atoms with Gasteiger partial charge >= 0.3 is 6.18 Å². The monoisotopic (exact) mass is 259 g/mol. The van der Waals surface area contributed by atoms with Gasteiger partial charge < -0.3 is 5.73 Å². The van der Waals surface area contributed by atoms with E-state index in [0.29, 0.717) is 0 Å². The third-order valence-corrected chi connectivity index (χ3v) is 2.71. The standard InChI is InChI=1S/C13H16F3NO/c14-13(15,16)8-4-7-12(18)11(9-17)10-5-2-1-3-6-10/h1-3,5-6,11H,4,7-9,17H2. The number of rotatable bonds is 6. The molecule has 2 nitrogen and oxygen atoms in total. The number of halogens is 3. The van der Waals surface area contributed by atoms with E-state index in [-0.39, 0.29) is 25.2 Å². The van der Waals surface area contributed by atoms with Crippen LogP contribution in [0, 0.1) is 0 Å². The minimum absolute atomic E-state index is 0.0870. The first-order valence-electron chi connectivity index (χ1n) is 5.78. The Morgan fingerprint density at radius 2 is 1.83 bits per heavy atom. The minimum Gasteiger partial charge on any atom is -0.329 e. The molecule has 0 aromatic heterocycles. The molecule has 5 heteroatoms. The Morgan fingerprint density at radius 1 is 1.22 bits per heavy atom. The predicted octanol–water partition coefficient (Wildman–Crippen LogP) is 3.03. The second-order valence-electron chi connectivity index (χ2n) is 4.13. The molecule has 0 aliphatic rings. The molecule has 18 heavy (non-hydrogen) atoms. The van der Waals surface area contributed by atoms with Crippen molar-refractivity contribution < 1.29 is 18.0 Å². The van der Waals surface area contributed by atoms with E-state index in [1.807, 2.05) is 6.07 Å². The Kier molecular flexibility index (Phi) is 5.34. The summed E-state index contributed by atoms with van der Waals surface area (Å²) < 4.78 is 35.9. The van der Waals surface area contributed by atoms with Crippen molar-refractivity contribution in [1.82, 2.24) is 0 Å². The van der Waals surface area contributed by atoms with Gasteiger partial charge in [-0.05, 0) is 12.0 Å². The zero-order chi connectivity index (χ0) is 13.6. The molecule has 1 atom stereocenters. The molecule has 1 rings (SSSR count). The lowest BCUT2D eigenvalue weighted by Gasteiger charge is -2.14. The third-order valence-electron chi connectivity index (χ3n) is 2.71. The van der Waals surface area contributed by atoms with Crippen molar-refractivity contribution >= 4 is 5.78 Å². The molecule has 1 aromatic rings. The van der Waals surface area contributed by atoms with Crippen LogP contribution in [0.1, 0.15) is 30.7 Å². The summed E-state index contributed by atoms with van der Waals surface area (Å²) >= 11 is 0. The topological polar surface area (TPSA) is 43.1 Å². The van der Waals surface area contributed by atoms with Crippen LogP contribution in [0.2, 0.25) is 0 Å². The van der Waals surface area contributed by atoms with Crippen LogP contribution < -0.4 is 5.73 Å². The molecule has 0 amide bonds. The quantitative estimate of drug-likeness (QED) is 0.853. The Labute approximate surface area is 104 Å². The molecular formula is C13H16F3NO. The maximum Gasteiger partial charge on any atom is 0.389 e. The highest BCUT2D eigenvalue weighted by atomic mass is 19.4. The molecule has 0 fully saturated rings. The summed E-state index contributed by atoms with van der Waals surface area (Å²) in [6.45, 7) is 0.120. The molecule has 0 spiro atoms. The van der Waals surface area contributed by atoms with Gasteiger partial charge in [-0.2, -0.15) is 13.2 Å². The molecule has 0 bridgehead atoms. The van der Waals surface area contributed by atoms with E-state index >= 15 is 0 Å². The van der Waals surface area contributed by atoms with Gasteiger partial charge in [0.2, 0.25) is 0 Å². The molecule has 1 aromatic carbocycles. The van der Waals surface area contributed by atoms with E-state index < -0.39 is 18.5 Å². The molecule has 0 aliphatic heterocycles. The molecule has 0 heterocycles. The minimum atomic E-state index is -4.20. The number of hydrogen-bond acceptors (Lipinski definition) is 2. The fourth-order valence-electron chi connectivity index (χ4n) is 1.78. The average Bonchev–Trinajstić information content (AvgIpc) is 2.29. The summed E-state index contributed by atoms with van der Waals surface area (Å²) in [5.41, 5.74) is 6.28. The molecule has 0 saturated carbocycles. The van der Waals surface area contributed by atoms with Gasteiger partial charge in [0.25, 0.3) is 0 Å². The van der Waals surface area contributed by atoms with Crippen LogP contribution in [0.5, 0.6) is 0 Å². The van der Waals surface area contributed by atoms with Gasteiger partial charge in [0, 0.05) is 19.4 Å². The average molecular weight is 259 g/mol. The Hall–Kier alpha value is -1.36. The van der Waals surface area contributed by atoms with Crippen molar-refractivity contribution in [3.63, 3.8) is 0 Å². The number of Topliss-reactive ketones (excluding diaryl/α,β-unsaturated/α-hetero) is 1. The summed E-state index contributed by atoms with van der Waals surface area (Å²) in [5.74, 6) is -0.729. The van der Waals surface area contributed by atoms with Crippen molar-refractivity contribution in [1.29, 1.82) is 0 Å². The highest BCUT2D eigenvalue weighted by Crippen LogP contribution is 2.24. The molecule has 2 N–H and O–H groups in total. The lowest BCUT2D eigenvalue weighted by molar-refractivity contribution is -0.137. The van der Waals surface area contributed by atoms with Crippen LogP contribution in [0.15, 0.2) is 30.3 Å². The second-order valence-corrected chi connectivity index (χ2v) is 4.13. The third kappa shape index (κ3) is 4.87. The van der Waals surface area contributed by atoms with E-state index in [0.717, 1.165) is 5.56 Å². The van der Waals surface area contributed by atoms with Gasteiger partial charge in [-0.3, -0.25) is 4.79 Å². The van der Waals surface area contributed by atoms with Crippen molar-refractivity contribution in [2.45, 2.75) is 31.4 Å². The second kappa shape index (κ2) is 6.54. The first-order chi connectivity index (χ1) is 8.44. The van der Waals surface area contributed by atoms with Crippen LogP contribution in [0.3, 0.4) is 0 Å². The number of benzene rings is 1. The highest BCUT2D eigenvalue weighted by Gasteiger charge is 2.27. The number of alkyl halides is 3. The van der Waals surface area contributed by atoms with Gasteiger partial charge in [0.15, 0.2) is 0 Å². The maximum atomic E-state index is 12.0. The highest BCUT2D eigenvalue weighted by molar-refractivity contribution is 5.85. The van der Waals surface area contributed by atoms with Gasteiger partial charge in [-0.25, -0.2) is 0 Å². The van der Waals surface area contributed by atoms with Gasteiger partial charge in [0.1, 0.15) is 5.78 Å². The molecule has 100 valence electrons. The van der Waals surface area contributed by atoms with E-state index in [2.05, 4.69) is 0 Å². The van der Waals surface area contributed by atoms with Crippen LogP contribution in [-0.2, 0) is 4.79 Å². The van der Waals surface area contributed by atoms with E-state index in [1.54, 1.807) is 24.3 Å². The summed E-state index contributed by atoms with van der Waals surface area (Å²) in [7, 11) is 0. The fourth-order valence-corrected chi connectivity index (χ4v) is 1.78. The van der Waals surface area contributed by atoms with Crippen molar-refractivity contribution in [2.24, 2.45) is 5.73 Å². The van der Waals surface area contributed by atoms with Crippen molar-refractivity contribution in [3.8, 4) is 0 Å². The Morgan fingerprint density at radius 3 is 2.33 bits per heavy atom. The zero-order valence-corrected chi connectivity index (χ0v) is 9.91. The number of nitrogens with two attached hydrogens (primary N) is 1. The predicted molar refractivity (Wildman–Crippen MR) is 63.2 cm³/mol. The maximum absolute atomic E-state index is 12.0. The number of carbonyl (C=O) groups excluding carboxylic acids is 1. The van der Waals surface area contributed by atoms with E-state index in [4.69, 9.17) is 5.73 Å². The summed E-state index contributed by atoms with van der Waals surface area (Å²) in [4.78, 5) is 11.8. The smallest absolute Gasteiger partial charge is 0.329 e.